The number of carbonyl (C=O) groups excluding carboxylic acids is 1. The summed E-state index contributed by atoms with van der Waals surface area (Å²) in [5.74, 6) is 0.0862. The van der Waals surface area contributed by atoms with Crippen LogP contribution in [0.1, 0.15) is 28.9 Å². The van der Waals surface area contributed by atoms with E-state index >= 15 is 0 Å². The summed E-state index contributed by atoms with van der Waals surface area (Å²) in [5.41, 5.74) is 1.32. The molecular formula is C12H14N4O2. The summed E-state index contributed by atoms with van der Waals surface area (Å²) in [5, 5.41) is 9.41. The fraction of sp³-hybridized carbons (Fsp3) is 0.250. The second-order valence-electron chi connectivity index (χ2n) is 3.79. The molecular weight excluding hydrogens is 232 g/mol. The molecule has 1 unspecified atom stereocenters. The molecule has 0 saturated heterocycles. The third kappa shape index (κ3) is 2.48. The number of nitrogens with one attached hydrogen (secondary N) is 2. The molecule has 0 aromatic carbocycles. The Bertz CT molecular complexity index is 525. The number of pyridine rings is 1. The molecule has 0 aliphatic rings. The zero-order chi connectivity index (χ0) is 13.0. The van der Waals surface area contributed by atoms with Crippen molar-refractivity contribution in [2.45, 2.75) is 13.0 Å². The van der Waals surface area contributed by atoms with Gasteiger partial charge in [-0.15, -0.1) is 0 Å². The number of methoxy groups -OCH3 is 1. The van der Waals surface area contributed by atoms with E-state index in [1.807, 2.05) is 6.92 Å². The molecule has 1 atom stereocenters. The van der Waals surface area contributed by atoms with Crippen LogP contribution < -0.4 is 10.1 Å². The predicted molar refractivity (Wildman–Crippen MR) is 65.3 cm³/mol. The van der Waals surface area contributed by atoms with Crippen molar-refractivity contribution in [3.8, 4) is 5.88 Å². The van der Waals surface area contributed by atoms with Crippen LogP contribution in [0.15, 0.2) is 30.7 Å². The molecule has 1 amide bonds. The topological polar surface area (TPSA) is 79.9 Å². The third-order valence-electron chi connectivity index (χ3n) is 2.58. The Morgan fingerprint density at radius 2 is 2.39 bits per heavy atom. The molecule has 0 saturated carbocycles. The molecule has 2 aromatic heterocycles. The first-order valence-electron chi connectivity index (χ1n) is 5.51. The van der Waals surface area contributed by atoms with Gasteiger partial charge in [-0.1, -0.05) is 0 Å². The van der Waals surface area contributed by atoms with Crippen molar-refractivity contribution in [3.63, 3.8) is 0 Å². The van der Waals surface area contributed by atoms with Crippen molar-refractivity contribution >= 4 is 5.91 Å². The van der Waals surface area contributed by atoms with Crippen molar-refractivity contribution in [1.82, 2.24) is 20.5 Å². The van der Waals surface area contributed by atoms with Gasteiger partial charge >= 0.3 is 0 Å². The molecule has 0 radical (unpaired) electrons. The highest BCUT2D eigenvalue weighted by atomic mass is 16.5. The van der Waals surface area contributed by atoms with E-state index in [2.05, 4.69) is 20.5 Å². The summed E-state index contributed by atoms with van der Waals surface area (Å²) in [6.45, 7) is 1.88. The van der Waals surface area contributed by atoms with Crippen molar-refractivity contribution in [2.24, 2.45) is 0 Å². The second-order valence-corrected chi connectivity index (χ2v) is 3.79. The molecule has 18 heavy (non-hydrogen) atoms. The highest BCUT2D eigenvalue weighted by Gasteiger charge is 2.16. The minimum atomic E-state index is -0.228. The molecule has 2 N–H and O–H groups in total. The van der Waals surface area contributed by atoms with Gasteiger partial charge in [0.1, 0.15) is 5.56 Å². The highest BCUT2D eigenvalue weighted by Crippen LogP contribution is 2.16. The van der Waals surface area contributed by atoms with Gasteiger partial charge in [-0.05, 0) is 19.1 Å². The molecule has 2 aromatic rings. The monoisotopic (exact) mass is 246 g/mol. The number of amides is 1. The molecule has 0 fully saturated rings. The molecule has 0 spiro atoms. The van der Waals surface area contributed by atoms with Gasteiger partial charge in [0.2, 0.25) is 5.88 Å². The summed E-state index contributed by atoms with van der Waals surface area (Å²) in [7, 11) is 1.48. The van der Waals surface area contributed by atoms with Crippen LogP contribution in [0.2, 0.25) is 0 Å². The number of aromatic nitrogens is 3. The largest absolute Gasteiger partial charge is 0.480 e. The molecule has 6 heteroatoms. The number of ether oxygens (including phenoxy) is 1. The number of rotatable bonds is 4. The fourth-order valence-corrected chi connectivity index (χ4v) is 1.58. The quantitative estimate of drug-likeness (QED) is 0.852. The van der Waals surface area contributed by atoms with Crippen LogP contribution in [-0.2, 0) is 0 Å². The molecule has 0 aliphatic carbocycles. The number of carbonyl (C=O) groups is 1. The number of hydrogen-bond donors (Lipinski definition) is 2. The first-order chi connectivity index (χ1) is 8.72. The Labute approximate surface area is 104 Å². The van der Waals surface area contributed by atoms with E-state index in [-0.39, 0.29) is 11.9 Å². The lowest BCUT2D eigenvalue weighted by molar-refractivity contribution is 0.0936. The lowest BCUT2D eigenvalue weighted by Gasteiger charge is -2.13. The number of hydrogen-bond acceptors (Lipinski definition) is 4. The fourth-order valence-electron chi connectivity index (χ4n) is 1.58. The third-order valence-corrected chi connectivity index (χ3v) is 2.58. The zero-order valence-corrected chi connectivity index (χ0v) is 10.2. The van der Waals surface area contributed by atoms with Crippen LogP contribution in [0.3, 0.4) is 0 Å². The molecule has 6 nitrogen and oxygen atoms in total. The standard InChI is InChI=1S/C12H14N4O2/c1-8(9-6-14-15-7-9)16-11(17)10-4-3-5-13-12(10)18-2/h3-8H,1-2H3,(H,14,15)(H,16,17). The normalized spacial score (nSPS) is 11.9. The van der Waals surface area contributed by atoms with Gasteiger partial charge in [-0.2, -0.15) is 5.10 Å². The van der Waals surface area contributed by atoms with Gasteiger partial charge in [0.05, 0.1) is 19.3 Å². The van der Waals surface area contributed by atoms with E-state index in [4.69, 9.17) is 4.74 Å². The van der Waals surface area contributed by atoms with Crippen molar-refractivity contribution in [1.29, 1.82) is 0 Å². The summed E-state index contributed by atoms with van der Waals surface area (Å²) >= 11 is 0. The smallest absolute Gasteiger partial charge is 0.257 e. The minimum Gasteiger partial charge on any atom is -0.480 e. The van der Waals surface area contributed by atoms with Gasteiger partial charge in [-0.25, -0.2) is 4.98 Å². The van der Waals surface area contributed by atoms with E-state index in [1.165, 1.54) is 7.11 Å². The van der Waals surface area contributed by atoms with Gasteiger partial charge in [-0.3, -0.25) is 9.89 Å². The van der Waals surface area contributed by atoms with Crippen LogP contribution in [-0.4, -0.2) is 28.2 Å². The number of nitrogens with zero attached hydrogens (tertiary/aromatic N) is 2. The Morgan fingerprint density at radius 1 is 1.56 bits per heavy atom. The van der Waals surface area contributed by atoms with Gasteiger partial charge in [0.25, 0.3) is 5.91 Å². The zero-order valence-electron chi connectivity index (χ0n) is 10.2. The maximum Gasteiger partial charge on any atom is 0.257 e. The van der Waals surface area contributed by atoms with E-state index in [9.17, 15) is 4.79 Å². The van der Waals surface area contributed by atoms with E-state index < -0.39 is 0 Å². The summed E-state index contributed by atoms with van der Waals surface area (Å²) in [4.78, 5) is 16.1. The van der Waals surface area contributed by atoms with Gasteiger partial charge in [0.15, 0.2) is 0 Å². The van der Waals surface area contributed by atoms with E-state index in [0.29, 0.717) is 11.4 Å². The Balaban J connectivity index is 2.12. The van der Waals surface area contributed by atoms with Crippen LogP contribution >= 0.6 is 0 Å². The van der Waals surface area contributed by atoms with Crippen molar-refractivity contribution < 1.29 is 9.53 Å². The SMILES string of the molecule is COc1ncccc1C(=O)NC(C)c1cn[nH]c1. The number of aromatic amines is 1. The Morgan fingerprint density at radius 3 is 3.06 bits per heavy atom. The van der Waals surface area contributed by atoms with Crippen molar-refractivity contribution in [2.75, 3.05) is 7.11 Å². The number of H-pyrrole nitrogens is 1. The molecule has 2 rings (SSSR count). The molecule has 94 valence electrons. The summed E-state index contributed by atoms with van der Waals surface area (Å²) in [6.07, 6.45) is 4.99. The molecule has 0 aliphatic heterocycles. The highest BCUT2D eigenvalue weighted by molar-refractivity contribution is 5.96. The van der Waals surface area contributed by atoms with E-state index in [1.54, 1.807) is 30.7 Å². The van der Waals surface area contributed by atoms with Crippen molar-refractivity contribution in [3.05, 3.63) is 41.9 Å². The summed E-state index contributed by atoms with van der Waals surface area (Å²) < 4.78 is 5.05. The maximum atomic E-state index is 12.1. The van der Waals surface area contributed by atoms with Gasteiger partial charge < -0.3 is 10.1 Å². The van der Waals surface area contributed by atoms with Crippen LogP contribution in [0.5, 0.6) is 5.88 Å². The van der Waals surface area contributed by atoms with Crippen LogP contribution in [0.4, 0.5) is 0 Å². The summed E-state index contributed by atoms with van der Waals surface area (Å²) in [6, 6.07) is 3.23. The maximum absolute atomic E-state index is 12.1. The lowest BCUT2D eigenvalue weighted by atomic mass is 10.1. The molecule has 2 heterocycles. The minimum absolute atomic E-state index is 0.138. The first kappa shape index (κ1) is 12.1. The Hall–Kier alpha value is -2.37. The average molecular weight is 246 g/mol. The first-order valence-corrected chi connectivity index (χ1v) is 5.51. The van der Waals surface area contributed by atoms with Crippen LogP contribution in [0, 0.1) is 0 Å². The van der Waals surface area contributed by atoms with Gasteiger partial charge in [0, 0.05) is 18.0 Å². The Kier molecular flexibility index (Phi) is 3.57. The lowest BCUT2D eigenvalue weighted by Crippen LogP contribution is -2.27. The van der Waals surface area contributed by atoms with E-state index in [0.717, 1.165) is 5.56 Å². The molecule has 0 bridgehead atoms. The second kappa shape index (κ2) is 5.31. The van der Waals surface area contributed by atoms with Crippen LogP contribution in [0.25, 0.3) is 0 Å². The average Bonchev–Trinajstić information content (AvgIpc) is 2.92. The predicted octanol–water partition coefficient (Wildman–Crippen LogP) is 1.30.